The standard InChI is InChI=1S/C21H26FN3O3S/c1-23(2)29(27,28)16-11-12-19(25-13-7-4-8-14-25)17(15-16)21(26)24(3)20-10-6-5-9-18(20)22/h5-6,9-12,15H,4,7-8,13-14H2,1-3H3. The van der Waals surface area contributed by atoms with Gasteiger partial charge in [-0.1, -0.05) is 12.1 Å². The number of amides is 1. The van der Waals surface area contributed by atoms with Crippen molar-refractivity contribution in [3.8, 4) is 0 Å². The number of hydrogen-bond donors (Lipinski definition) is 0. The number of carbonyl (C=O) groups excluding carboxylic acids is 1. The molecule has 1 heterocycles. The van der Waals surface area contributed by atoms with Crippen molar-refractivity contribution in [2.45, 2.75) is 24.2 Å². The highest BCUT2D eigenvalue weighted by molar-refractivity contribution is 7.89. The van der Waals surface area contributed by atoms with E-state index in [1.54, 1.807) is 18.2 Å². The number of anilines is 2. The third kappa shape index (κ3) is 4.28. The molecule has 0 radical (unpaired) electrons. The number of hydrogen-bond acceptors (Lipinski definition) is 4. The molecule has 2 aromatic carbocycles. The van der Waals surface area contributed by atoms with Gasteiger partial charge in [0, 0.05) is 39.9 Å². The highest BCUT2D eigenvalue weighted by atomic mass is 32.2. The van der Waals surface area contributed by atoms with E-state index in [0.29, 0.717) is 5.69 Å². The van der Waals surface area contributed by atoms with Gasteiger partial charge in [-0.15, -0.1) is 0 Å². The van der Waals surface area contributed by atoms with Crippen molar-refractivity contribution in [1.82, 2.24) is 4.31 Å². The molecule has 0 spiro atoms. The number of halogens is 1. The first-order valence-electron chi connectivity index (χ1n) is 9.57. The molecule has 29 heavy (non-hydrogen) atoms. The van der Waals surface area contributed by atoms with Crippen LogP contribution in [0.15, 0.2) is 47.4 Å². The Morgan fingerprint density at radius 1 is 1.00 bits per heavy atom. The van der Waals surface area contributed by atoms with Gasteiger partial charge in [0.05, 0.1) is 16.1 Å². The number of para-hydroxylation sites is 1. The molecular formula is C21H26FN3O3S. The molecule has 0 aliphatic carbocycles. The number of nitrogens with zero attached hydrogens (tertiary/aromatic N) is 3. The number of benzene rings is 2. The number of sulfonamides is 1. The smallest absolute Gasteiger partial charge is 0.260 e. The van der Waals surface area contributed by atoms with Gasteiger partial charge in [-0.3, -0.25) is 4.79 Å². The molecule has 1 amide bonds. The molecule has 0 atom stereocenters. The van der Waals surface area contributed by atoms with Gasteiger partial charge in [0.1, 0.15) is 5.82 Å². The Labute approximate surface area is 171 Å². The van der Waals surface area contributed by atoms with E-state index in [2.05, 4.69) is 4.90 Å². The number of piperidine rings is 1. The van der Waals surface area contributed by atoms with Crippen LogP contribution in [-0.4, -0.2) is 52.9 Å². The van der Waals surface area contributed by atoms with Crippen LogP contribution in [0.3, 0.4) is 0 Å². The summed E-state index contributed by atoms with van der Waals surface area (Å²) in [5, 5.41) is 0. The van der Waals surface area contributed by atoms with Crippen molar-refractivity contribution >= 4 is 27.3 Å². The molecule has 0 N–H and O–H groups in total. The summed E-state index contributed by atoms with van der Waals surface area (Å²) in [5.41, 5.74) is 1.07. The maximum atomic E-state index is 14.2. The van der Waals surface area contributed by atoms with Crippen molar-refractivity contribution in [3.05, 3.63) is 53.8 Å². The summed E-state index contributed by atoms with van der Waals surface area (Å²) in [7, 11) is 0.676. The van der Waals surface area contributed by atoms with Gasteiger partial charge in [0.15, 0.2) is 0 Å². The van der Waals surface area contributed by atoms with E-state index >= 15 is 0 Å². The molecular weight excluding hydrogens is 393 g/mol. The lowest BCUT2D eigenvalue weighted by molar-refractivity contribution is 0.0992. The Kier molecular flexibility index (Phi) is 6.24. The number of rotatable bonds is 5. The van der Waals surface area contributed by atoms with Crippen LogP contribution in [-0.2, 0) is 10.0 Å². The second-order valence-corrected chi connectivity index (χ2v) is 9.48. The minimum Gasteiger partial charge on any atom is -0.371 e. The van der Waals surface area contributed by atoms with Crippen LogP contribution < -0.4 is 9.80 Å². The SMILES string of the molecule is CN(C(=O)c1cc(S(=O)(=O)N(C)C)ccc1N1CCCCC1)c1ccccc1F. The monoisotopic (exact) mass is 419 g/mol. The molecule has 0 aromatic heterocycles. The first-order valence-corrected chi connectivity index (χ1v) is 11.0. The quantitative estimate of drug-likeness (QED) is 0.746. The highest BCUT2D eigenvalue weighted by Crippen LogP contribution is 2.30. The molecule has 1 fully saturated rings. The third-order valence-electron chi connectivity index (χ3n) is 5.19. The minimum atomic E-state index is -3.71. The van der Waals surface area contributed by atoms with E-state index < -0.39 is 21.7 Å². The summed E-state index contributed by atoms with van der Waals surface area (Å²) in [5.74, 6) is -0.966. The van der Waals surface area contributed by atoms with Gasteiger partial charge >= 0.3 is 0 Å². The fourth-order valence-electron chi connectivity index (χ4n) is 3.48. The van der Waals surface area contributed by atoms with E-state index in [-0.39, 0.29) is 16.1 Å². The molecule has 0 bridgehead atoms. The van der Waals surface area contributed by atoms with Crippen LogP contribution in [0, 0.1) is 5.82 Å². The van der Waals surface area contributed by atoms with Crippen molar-refractivity contribution in [2.75, 3.05) is 44.0 Å². The molecule has 8 heteroatoms. The largest absolute Gasteiger partial charge is 0.371 e. The second-order valence-electron chi connectivity index (χ2n) is 7.33. The Morgan fingerprint density at radius 3 is 2.28 bits per heavy atom. The van der Waals surface area contributed by atoms with Crippen LogP contribution in [0.25, 0.3) is 0 Å². The van der Waals surface area contributed by atoms with Crippen molar-refractivity contribution in [3.63, 3.8) is 0 Å². The average molecular weight is 420 g/mol. The van der Waals surface area contributed by atoms with Gasteiger partial charge in [0.25, 0.3) is 5.91 Å². The molecule has 1 saturated heterocycles. The zero-order valence-corrected chi connectivity index (χ0v) is 17.7. The fourth-order valence-corrected chi connectivity index (χ4v) is 4.41. The van der Waals surface area contributed by atoms with Gasteiger partial charge in [-0.2, -0.15) is 0 Å². The van der Waals surface area contributed by atoms with Gasteiger partial charge in [-0.25, -0.2) is 17.1 Å². The summed E-state index contributed by atoms with van der Waals surface area (Å²) in [4.78, 5) is 16.7. The van der Waals surface area contributed by atoms with E-state index in [9.17, 15) is 17.6 Å². The Morgan fingerprint density at radius 2 is 1.66 bits per heavy atom. The molecule has 1 aliphatic rings. The first kappa shape index (κ1) is 21.3. The lowest BCUT2D eigenvalue weighted by Crippen LogP contribution is -2.34. The summed E-state index contributed by atoms with van der Waals surface area (Å²) >= 11 is 0. The summed E-state index contributed by atoms with van der Waals surface area (Å²) in [6.45, 7) is 1.59. The van der Waals surface area contributed by atoms with E-state index in [4.69, 9.17) is 0 Å². The summed E-state index contributed by atoms with van der Waals surface area (Å²) in [6.07, 6.45) is 3.14. The zero-order chi connectivity index (χ0) is 21.2. The zero-order valence-electron chi connectivity index (χ0n) is 16.9. The molecule has 1 aliphatic heterocycles. The maximum absolute atomic E-state index is 14.2. The van der Waals surface area contributed by atoms with Crippen molar-refractivity contribution < 1.29 is 17.6 Å². The molecule has 0 saturated carbocycles. The molecule has 0 unspecified atom stereocenters. The predicted molar refractivity (Wildman–Crippen MR) is 113 cm³/mol. The van der Waals surface area contributed by atoms with Crippen molar-refractivity contribution in [1.29, 1.82) is 0 Å². The lowest BCUT2D eigenvalue weighted by Gasteiger charge is -2.31. The highest BCUT2D eigenvalue weighted by Gasteiger charge is 2.26. The lowest BCUT2D eigenvalue weighted by atomic mass is 10.1. The minimum absolute atomic E-state index is 0.0357. The number of carbonyl (C=O) groups is 1. The van der Waals surface area contributed by atoms with Gasteiger partial charge < -0.3 is 9.80 Å². The molecule has 2 aromatic rings. The van der Waals surface area contributed by atoms with E-state index in [1.807, 2.05) is 0 Å². The van der Waals surface area contributed by atoms with Crippen LogP contribution >= 0.6 is 0 Å². The fraction of sp³-hybridized carbons (Fsp3) is 0.381. The van der Waals surface area contributed by atoms with Crippen LogP contribution in [0.5, 0.6) is 0 Å². The Hall–Kier alpha value is -2.45. The van der Waals surface area contributed by atoms with Crippen LogP contribution in [0.4, 0.5) is 15.8 Å². The normalized spacial score (nSPS) is 14.9. The predicted octanol–water partition coefficient (Wildman–Crippen LogP) is 3.34. The van der Waals surface area contributed by atoms with E-state index in [0.717, 1.165) is 36.7 Å². The third-order valence-corrected chi connectivity index (χ3v) is 7.00. The van der Waals surface area contributed by atoms with Crippen LogP contribution in [0.2, 0.25) is 0 Å². The summed E-state index contributed by atoms with van der Waals surface area (Å²) < 4.78 is 40.6. The average Bonchev–Trinajstić information content (AvgIpc) is 2.73. The topological polar surface area (TPSA) is 60.9 Å². The van der Waals surface area contributed by atoms with Crippen molar-refractivity contribution in [2.24, 2.45) is 0 Å². The van der Waals surface area contributed by atoms with Crippen LogP contribution in [0.1, 0.15) is 29.6 Å². The van der Waals surface area contributed by atoms with Gasteiger partial charge in [-0.05, 0) is 49.6 Å². The molecule has 3 rings (SSSR count). The molecule has 156 valence electrons. The second kappa shape index (κ2) is 8.51. The Balaban J connectivity index is 2.10. The van der Waals surface area contributed by atoms with E-state index in [1.165, 1.54) is 50.3 Å². The maximum Gasteiger partial charge on any atom is 0.260 e. The van der Waals surface area contributed by atoms with Gasteiger partial charge in [0.2, 0.25) is 10.0 Å². The summed E-state index contributed by atoms with van der Waals surface area (Å²) in [6, 6.07) is 10.6. The Bertz CT molecular complexity index is 1000. The molecule has 6 nitrogen and oxygen atoms in total. The first-order chi connectivity index (χ1) is 13.7.